The van der Waals surface area contributed by atoms with Crippen molar-refractivity contribution >= 4 is 5.82 Å². The molecule has 0 bridgehead atoms. The lowest BCUT2D eigenvalue weighted by Gasteiger charge is -2.25. The normalized spacial score (nSPS) is 14.8. The average Bonchev–Trinajstić information content (AvgIpc) is 3.20. The van der Waals surface area contributed by atoms with E-state index in [2.05, 4.69) is 40.9 Å². The molecule has 1 saturated carbocycles. The van der Waals surface area contributed by atoms with Gasteiger partial charge in [-0.15, -0.1) is 0 Å². The van der Waals surface area contributed by atoms with Gasteiger partial charge in [-0.2, -0.15) is 5.10 Å². The molecule has 0 aromatic carbocycles. The van der Waals surface area contributed by atoms with Crippen molar-refractivity contribution in [3.63, 3.8) is 0 Å². The first-order chi connectivity index (χ1) is 9.69. The molecule has 5 heteroatoms. The second-order valence-electron chi connectivity index (χ2n) is 5.61. The van der Waals surface area contributed by atoms with Gasteiger partial charge >= 0.3 is 0 Å². The second-order valence-corrected chi connectivity index (χ2v) is 5.61. The predicted octanol–water partition coefficient (Wildman–Crippen LogP) is 1.84. The molecule has 0 radical (unpaired) electrons. The highest BCUT2D eigenvalue weighted by Gasteiger charge is 2.32. The summed E-state index contributed by atoms with van der Waals surface area (Å²) in [6.45, 7) is 7.96. The van der Waals surface area contributed by atoms with Gasteiger partial charge in [0.25, 0.3) is 0 Å². The molecule has 5 nitrogen and oxygen atoms in total. The second kappa shape index (κ2) is 7.09. The van der Waals surface area contributed by atoms with Crippen LogP contribution in [-0.2, 0) is 18.3 Å². The number of aromatic nitrogens is 2. The molecule has 2 rings (SSSR count). The molecule has 114 valence electrons. The van der Waals surface area contributed by atoms with Crippen LogP contribution in [0.1, 0.15) is 37.4 Å². The molecule has 1 aliphatic carbocycles. The fourth-order valence-electron chi connectivity index (χ4n) is 2.73. The summed E-state index contributed by atoms with van der Waals surface area (Å²) in [4.78, 5) is 2.55. The van der Waals surface area contributed by atoms with E-state index < -0.39 is 0 Å². The van der Waals surface area contributed by atoms with Gasteiger partial charge in [0, 0.05) is 45.4 Å². The Labute approximate surface area is 122 Å². The number of aryl methyl sites for hydroxylation is 2. The van der Waals surface area contributed by atoms with Crippen molar-refractivity contribution < 1.29 is 4.74 Å². The van der Waals surface area contributed by atoms with Gasteiger partial charge in [-0.3, -0.25) is 4.68 Å². The smallest absolute Gasteiger partial charge is 0.131 e. The first-order valence-corrected chi connectivity index (χ1v) is 7.67. The van der Waals surface area contributed by atoms with Crippen molar-refractivity contribution in [1.29, 1.82) is 0 Å². The van der Waals surface area contributed by atoms with Crippen LogP contribution >= 0.6 is 0 Å². The summed E-state index contributed by atoms with van der Waals surface area (Å²) in [5.41, 5.74) is 2.47. The lowest BCUT2D eigenvalue weighted by Crippen LogP contribution is -2.30. The Bertz CT molecular complexity index is 426. The Morgan fingerprint density at radius 3 is 2.80 bits per heavy atom. The Hall–Kier alpha value is -1.07. The maximum atomic E-state index is 5.09. The van der Waals surface area contributed by atoms with E-state index in [1.165, 1.54) is 30.6 Å². The quantitative estimate of drug-likeness (QED) is 0.701. The molecule has 0 aliphatic heterocycles. The van der Waals surface area contributed by atoms with Crippen LogP contribution in [0.5, 0.6) is 0 Å². The van der Waals surface area contributed by atoms with Gasteiger partial charge in [0.05, 0.1) is 12.3 Å². The van der Waals surface area contributed by atoms with Crippen LogP contribution in [0.4, 0.5) is 5.82 Å². The first kappa shape index (κ1) is 15.3. The summed E-state index contributed by atoms with van der Waals surface area (Å²) in [5.74, 6) is 1.30. The van der Waals surface area contributed by atoms with Gasteiger partial charge in [0.1, 0.15) is 5.82 Å². The van der Waals surface area contributed by atoms with Gasteiger partial charge in [-0.1, -0.05) is 6.92 Å². The van der Waals surface area contributed by atoms with Crippen LogP contribution < -0.4 is 10.2 Å². The number of rotatable bonds is 9. The van der Waals surface area contributed by atoms with Crippen molar-refractivity contribution in [2.45, 2.75) is 45.7 Å². The zero-order chi connectivity index (χ0) is 14.5. The fourth-order valence-corrected chi connectivity index (χ4v) is 2.73. The van der Waals surface area contributed by atoms with Crippen LogP contribution in [0.15, 0.2) is 0 Å². The van der Waals surface area contributed by atoms with E-state index in [4.69, 9.17) is 4.74 Å². The third-order valence-corrected chi connectivity index (χ3v) is 3.82. The van der Waals surface area contributed by atoms with E-state index in [1.807, 2.05) is 0 Å². The number of anilines is 1. The van der Waals surface area contributed by atoms with Gasteiger partial charge in [0.15, 0.2) is 0 Å². The van der Waals surface area contributed by atoms with Gasteiger partial charge in [-0.05, 0) is 26.2 Å². The summed E-state index contributed by atoms with van der Waals surface area (Å²) in [6.07, 6.45) is 3.82. The molecule has 1 N–H and O–H groups in total. The van der Waals surface area contributed by atoms with Crippen molar-refractivity contribution in [2.24, 2.45) is 7.05 Å². The molecule has 1 aromatic heterocycles. The summed E-state index contributed by atoms with van der Waals surface area (Å²) >= 11 is 0. The number of methoxy groups -OCH3 is 1. The van der Waals surface area contributed by atoms with E-state index in [-0.39, 0.29) is 0 Å². The minimum Gasteiger partial charge on any atom is -0.383 e. The molecule has 1 heterocycles. The van der Waals surface area contributed by atoms with Crippen LogP contribution in [0.25, 0.3) is 0 Å². The predicted molar refractivity (Wildman–Crippen MR) is 82.2 cm³/mol. The Morgan fingerprint density at radius 1 is 1.45 bits per heavy atom. The summed E-state index contributed by atoms with van der Waals surface area (Å²) in [7, 11) is 3.80. The molecular formula is C15H28N4O. The summed E-state index contributed by atoms with van der Waals surface area (Å²) < 4.78 is 7.14. The Kier molecular flexibility index (Phi) is 5.43. The Balaban J connectivity index is 2.13. The van der Waals surface area contributed by atoms with E-state index in [9.17, 15) is 0 Å². The topological polar surface area (TPSA) is 42.3 Å². The van der Waals surface area contributed by atoms with Crippen LogP contribution in [0.2, 0.25) is 0 Å². The molecule has 1 fully saturated rings. The molecule has 0 atom stereocenters. The zero-order valence-electron chi connectivity index (χ0n) is 13.3. The van der Waals surface area contributed by atoms with Crippen LogP contribution in [0.3, 0.4) is 0 Å². The van der Waals surface area contributed by atoms with Crippen LogP contribution in [-0.4, -0.2) is 42.6 Å². The van der Waals surface area contributed by atoms with E-state index in [0.29, 0.717) is 0 Å². The number of ether oxygens (including phenoxy) is 1. The molecule has 0 unspecified atom stereocenters. The van der Waals surface area contributed by atoms with E-state index in [0.717, 1.165) is 38.0 Å². The third kappa shape index (κ3) is 3.52. The highest BCUT2D eigenvalue weighted by Crippen LogP contribution is 2.34. The standard InChI is InChI=1S/C15H28N4O/c1-5-9-19(13-6-7-13)15-14(11-16-8-10-20-4)12(2)17-18(15)3/h13,16H,5-11H2,1-4H3. The van der Waals surface area contributed by atoms with Gasteiger partial charge in [-0.25, -0.2) is 0 Å². The van der Waals surface area contributed by atoms with Crippen molar-refractivity contribution in [1.82, 2.24) is 15.1 Å². The largest absolute Gasteiger partial charge is 0.383 e. The van der Waals surface area contributed by atoms with Crippen molar-refractivity contribution in [2.75, 3.05) is 31.7 Å². The lowest BCUT2D eigenvalue weighted by atomic mass is 10.2. The number of hydrogen-bond acceptors (Lipinski definition) is 4. The van der Waals surface area contributed by atoms with E-state index >= 15 is 0 Å². The minimum absolute atomic E-state index is 0.725. The first-order valence-electron chi connectivity index (χ1n) is 7.67. The molecule has 0 amide bonds. The molecular weight excluding hydrogens is 252 g/mol. The highest BCUT2D eigenvalue weighted by atomic mass is 16.5. The maximum Gasteiger partial charge on any atom is 0.131 e. The van der Waals surface area contributed by atoms with Gasteiger partial charge < -0.3 is 15.0 Å². The fraction of sp³-hybridized carbons (Fsp3) is 0.800. The van der Waals surface area contributed by atoms with Crippen molar-refractivity contribution in [3.8, 4) is 0 Å². The number of nitrogens with zero attached hydrogens (tertiary/aromatic N) is 3. The van der Waals surface area contributed by atoms with Gasteiger partial charge in [0.2, 0.25) is 0 Å². The SMILES string of the molecule is CCCN(c1c(CNCCOC)c(C)nn1C)C1CC1. The van der Waals surface area contributed by atoms with Crippen LogP contribution in [0, 0.1) is 6.92 Å². The monoisotopic (exact) mass is 280 g/mol. The highest BCUT2D eigenvalue weighted by molar-refractivity contribution is 5.52. The lowest BCUT2D eigenvalue weighted by molar-refractivity contribution is 0.199. The molecule has 0 saturated heterocycles. The zero-order valence-corrected chi connectivity index (χ0v) is 13.3. The molecule has 0 spiro atoms. The summed E-state index contributed by atoms with van der Waals surface area (Å²) in [5, 5.41) is 8.08. The van der Waals surface area contributed by atoms with E-state index in [1.54, 1.807) is 7.11 Å². The third-order valence-electron chi connectivity index (χ3n) is 3.82. The minimum atomic E-state index is 0.725. The number of hydrogen-bond donors (Lipinski definition) is 1. The Morgan fingerprint density at radius 2 is 2.20 bits per heavy atom. The average molecular weight is 280 g/mol. The maximum absolute atomic E-state index is 5.09. The number of nitrogens with one attached hydrogen (secondary N) is 1. The molecule has 1 aliphatic rings. The van der Waals surface area contributed by atoms with Crippen molar-refractivity contribution in [3.05, 3.63) is 11.3 Å². The molecule has 1 aromatic rings. The molecule has 20 heavy (non-hydrogen) atoms. The summed E-state index contributed by atoms with van der Waals surface area (Å²) in [6, 6.07) is 0.725.